The quantitative estimate of drug-likeness (QED) is 0.731. The number of hydrogen-bond acceptors (Lipinski definition) is 3. The minimum absolute atomic E-state index is 0.0952. The van der Waals surface area contributed by atoms with Crippen LogP contribution in [0.3, 0.4) is 0 Å². The molecular weight excluding hydrogens is 340 g/mol. The number of fused-ring (bicyclic) bond motifs is 1. The van der Waals surface area contributed by atoms with Gasteiger partial charge in [-0.2, -0.15) is 0 Å². The Morgan fingerprint density at radius 2 is 1.81 bits per heavy atom. The summed E-state index contributed by atoms with van der Waals surface area (Å²) in [6, 6.07) is 15.0. The molecule has 1 atom stereocenters. The van der Waals surface area contributed by atoms with Gasteiger partial charge in [0, 0.05) is 32.4 Å². The van der Waals surface area contributed by atoms with Crippen molar-refractivity contribution in [3.8, 4) is 0 Å². The maximum Gasteiger partial charge on any atom is 0.255 e. The van der Waals surface area contributed by atoms with E-state index in [0.29, 0.717) is 25.3 Å². The van der Waals surface area contributed by atoms with E-state index in [4.69, 9.17) is 4.74 Å². The Balaban J connectivity index is 1.81. The molecule has 0 fully saturated rings. The van der Waals surface area contributed by atoms with Crippen LogP contribution >= 0.6 is 0 Å². The fraction of sp³-hybridized carbons (Fsp3) is 0.364. The van der Waals surface area contributed by atoms with Crippen LogP contribution in [0.15, 0.2) is 48.5 Å². The van der Waals surface area contributed by atoms with E-state index in [1.807, 2.05) is 30.3 Å². The molecule has 2 aromatic rings. The third-order valence-corrected chi connectivity index (χ3v) is 4.92. The zero-order chi connectivity index (χ0) is 19.2. The molecule has 5 heteroatoms. The number of methoxy groups -OCH3 is 1. The van der Waals surface area contributed by atoms with Crippen molar-refractivity contribution >= 4 is 11.8 Å². The minimum atomic E-state index is -0.595. The molecular formula is C22H26N2O3. The fourth-order valence-corrected chi connectivity index (χ4v) is 3.42. The Kier molecular flexibility index (Phi) is 6.24. The molecule has 0 aliphatic carbocycles. The van der Waals surface area contributed by atoms with E-state index in [-0.39, 0.29) is 11.8 Å². The summed E-state index contributed by atoms with van der Waals surface area (Å²) in [5.41, 5.74) is 3.66. The highest BCUT2D eigenvalue weighted by atomic mass is 16.5. The standard InChI is InChI=1S/C22H26N2O3/c1-3-16-9-11-17(12-10-16)15-24-20(21(25)23-13-6-14-27-2)18-7-4-5-8-19(18)22(24)26/h4-5,7-12,20H,3,6,13-15H2,1-2H3,(H,23,25). The van der Waals surface area contributed by atoms with Crippen LogP contribution in [0.25, 0.3) is 0 Å². The summed E-state index contributed by atoms with van der Waals surface area (Å²) in [5, 5.41) is 2.94. The molecule has 0 saturated heterocycles. The number of amides is 2. The number of carbonyl (C=O) groups is 2. The van der Waals surface area contributed by atoms with Crippen molar-refractivity contribution in [1.29, 1.82) is 0 Å². The van der Waals surface area contributed by atoms with Gasteiger partial charge < -0.3 is 15.0 Å². The highest BCUT2D eigenvalue weighted by Gasteiger charge is 2.40. The van der Waals surface area contributed by atoms with Crippen molar-refractivity contribution in [3.63, 3.8) is 0 Å². The number of carbonyl (C=O) groups excluding carboxylic acids is 2. The summed E-state index contributed by atoms with van der Waals surface area (Å²) in [7, 11) is 1.64. The first-order valence-corrected chi connectivity index (χ1v) is 9.40. The molecule has 1 unspecified atom stereocenters. The van der Waals surface area contributed by atoms with Gasteiger partial charge in [0.05, 0.1) is 0 Å². The predicted octanol–water partition coefficient (Wildman–Crippen LogP) is 3.10. The van der Waals surface area contributed by atoms with Gasteiger partial charge in [0.1, 0.15) is 6.04 Å². The van der Waals surface area contributed by atoms with E-state index in [9.17, 15) is 9.59 Å². The Bertz CT molecular complexity index is 801. The van der Waals surface area contributed by atoms with Crippen molar-refractivity contribution in [3.05, 3.63) is 70.8 Å². The van der Waals surface area contributed by atoms with Gasteiger partial charge in [-0.25, -0.2) is 0 Å². The average Bonchev–Trinajstić information content (AvgIpc) is 2.98. The molecule has 0 radical (unpaired) electrons. The molecule has 1 aliphatic rings. The number of nitrogens with one attached hydrogen (secondary N) is 1. The molecule has 1 heterocycles. The molecule has 1 N–H and O–H groups in total. The van der Waals surface area contributed by atoms with E-state index in [1.54, 1.807) is 18.1 Å². The molecule has 0 spiro atoms. The van der Waals surface area contributed by atoms with Crippen molar-refractivity contribution in [2.24, 2.45) is 0 Å². The van der Waals surface area contributed by atoms with Crippen molar-refractivity contribution in [2.75, 3.05) is 20.3 Å². The third-order valence-electron chi connectivity index (χ3n) is 4.92. The maximum atomic E-state index is 12.9. The van der Waals surface area contributed by atoms with Gasteiger partial charge in [-0.05, 0) is 35.6 Å². The van der Waals surface area contributed by atoms with Crippen LogP contribution in [-0.2, 0) is 22.5 Å². The predicted molar refractivity (Wildman–Crippen MR) is 104 cm³/mol. The van der Waals surface area contributed by atoms with E-state index in [2.05, 4.69) is 24.4 Å². The SMILES string of the molecule is CCc1ccc(CN2C(=O)c3ccccc3C2C(=O)NCCCOC)cc1. The number of benzene rings is 2. The van der Waals surface area contributed by atoms with E-state index in [1.165, 1.54) is 5.56 Å². The molecule has 2 amide bonds. The fourth-order valence-electron chi connectivity index (χ4n) is 3.42. The molecule has 27 heavy (non-hydrogen) atoms. The second-order valence-electron chi connectivity index (χ2n) is 6.73. The summed E-state index contributed by atoms with van der Waals surface area (Å²) in [6.07, 6.45) is 1.71. The second kappa shape index (κ2) is 8.82. The lowest BCUT2D eigenvalue weighted by Crippen LogP contribution is -2.39. The van der Waals surface area contributed by atoms with Crippen LogP contribution in [0.1, 0.15) is 46.4 Å². The molecule has 2 aromatic carbocycles. The van der Waals surface area contributed by atoms with Gasteiger partial charge >= 0.3 is 0 Å². The van der Waals surface area contributed by atoms with E-state index >= 15 is 0 Å². The first-order chi connectivity index (χ1) is 13.2. The Morgan fingerprint density at radius 1 is 1.11 bits per heavy atom. The van der Waals surface area contributed by atoms with Crippen molar-refractivity contribution in [1.82, 2.24) is 10.2 Å². The molecule has 5 nitrogen and oxygen atoms in total. The highest BCUT2D eigenvalue weighted by molar-refractivity contribution is 6.04. The van der Waals surface area contributed by atoms with Gasteiger partial charge in [-0.3, -0.25) is 9.59 Å². The van der Waals surface area contributed by atoms with Gasteiger partial charge in [-0.15, -0.1) is 0 Å². The first kappa shape index (κ1) is 19.1. The molecule has 0 aromatic heterocycles. The number of nitrogens with zero attached hydrogens (tertiary/aromatic N) is 1. The largest absolute Gasteiger partial charge is 0.385 e. The van der Waals surface area contributed by atoms with Crippen molar-refractivity contribution < 1.29 is 14.3 Å². The molecule has 0 bridgehead atoms. The molecule has 0 saturated carbocycles. The topological polar surface area (TPSA) is 58.6 Å². The van der Waals surface area contributed by atoms with Crippen LogP contribution in [-0.4, -0.2) is 37.0 Å². The highest BCUT2D eigenvalue weighted by Crippen LogP contribution is 2.35. The van der Waals surface area contributed by atoms with Gasteiger partial charge in [-0.1, -0.05) is 49.4 Å². The zero-order valence-corrected chi connectivity index (χ0v) is 15.9. The van der Waals surface area contributed by atoms with Gasteiger partial charge in [0.25, 0.3) is 5.91 Å². The maximum absolute atomic E-state index is 12.9. The number of aryl methyl sites for hydroxylation is 1. The summed E-state index contributed by atoms with van der Waals surface area (Å²) in [5.74, 6) is -0.239. The average molecular weight is 366 g/mol. The Labute approximate surface area is 160 Å². The van der Waals surface area contributed by atoms with E-state index in [0.717, 1.165) is 24.0 Å². The molecule has 142 valence electrons. The Hall–Kier alpha value is -2.66. The number of ether oxygens (including phenoxy) is 1. The van der Waals surface area contributed by atoms with Crippen LogP contribution < -0.4 is 5.32 Å². The van der Waals surface area contributed by atoms with Crippen LogP contribution in [0.4, 0.5) is 0 Å². The Morgan fingerprint density at radius 3 is 2.52 bits per heavy atom. The molecule has 1 aliphatic heterocycles. The van der Waals surface area contributed by atoms with Crippen LogP contribution in [0.5, 0.6) is 0 Å². The molecule has 3 rings (SSSR count). The van der Waals surface area contributed by atoms with Crippen LogP contribution in [0, 0.1) is 0 Å². The second-order valence-corrected chi connectivity index (χ2v) is 6.73. The summed E-state index contributed by atoms with van der Waals surface area (Å²) in [6.45, 7) is 3.64. The minimum Gasteiger partial charge on any atom is -0.385 e. The van der Waals surface area contributed by atoms with Crippen LogP contribution in [0.2, 0.25) is 0 Å². The number of rotatable bonds is 8. The van der Waals surface area contributed by atoms with E-state index < -0.39 is 6.04 Å². The first-order valence-electron chi connectivity index (χ1n) is 9.40. The lowest BCUT2D eigenvalue weighted by atomic mass is 10.0. The summed E-state index contributed by atoms with van der Waals surface area (Å²) in [4.78, 5) is 27.5. The number of hydrogen-bond donors (Lipinski definition) is 1. The van der Waals surface area contributed by atoms with Crippen molar-refractivity contribution in [2.45, 2.75) is 32.4 Å². The van der Waals surface area contributed by atoms with Gasteiger partial charge in [0.2, 0.25) is 5.91 Å². The summed E-state index contributed by atoms with van der Waals surface area (Å²) < 4.78 is 5.03. The normalized spacial score (nSPS) is 15.7. The monoisotopic (exact) mass is 366 g/mol. The third kappa shape index (κ3) is 4.19. The summed E-state index contributed by atoms with van der Waals surface area (Å²) >= 11 is 0. The van der Waals surface area contributed by atoms with Gasteiger partial charge in [0.15, 0.2) is 0 Å². The lowest BCUT2D eigenvalue weighted by molar-refractivity contribution is -0.125. The smallest absolute Gasteiger partial charge is 0.255 e. The lowest BCUT2D eigenvalue weighted by Gasteiger charge is -2.25. The zero-order valence-electron chi connectivity index (χ0n) is 15.9.